The molecule has 10 heteroatoms. The Morgan fingerprint density at radius 3 is 1.97 bits per heavy atom. The summed E-state index contributed by atoms with van der Waals surface area (Å²) < 4.78 is 27.2. The number of nitrogens with zero attached hydrogens (tertiary/aromatic N) is 5. The molecule has 9 nitrogen and oxygen atoms in total. The average Bonchev–Trinajstić information content (AvgIpc) is 3.24. The van der Waals surface area contributed by atoms with Crippen LogP contribution in [0.3, 0.4) is 0 Å². The van der Waals surface area contributed by atoms with Gasteiger partial charge >= 0.3 is 0 Å². The molecule has 2 aromatic carbocycles. The molecule has 2 N–H and O–H groups in total. The van der Waals surface area contributed by atoms with E-state index >= 15 is 0 Å². The van der Waals surface area contributed by atoms with Crippen molar-refractivity contribution in [2.45, 2.75) is 25.9 Å². The first kappa shape index (κ1) is 25.0. The van der Waals surface area contributed by atoms with Crippen molar-refractivity contribution in [3.63, 3.8) is 0 Å². The van der Waals surface area contributed by atoms with Crippen molar-refractivity contribution in [3.05, 3.63) is 78.0 Å². The fraction of sp³-hybridized carbons (Fsp3) is 0.333. The van der Waals surface area contributed by atoms with E-state index in [0.717, 1.165) is 16.5 Å². The zero-order chi connectivity index (χ0) is 26.2. The van der Waals surface area contributed by atoms with Crippen molar-refractivity contribution in [3.8, 4) is 5.88 Å². The smallest absolute Gasteiger partial charge is 0.228 e. The van der Waals surface area contributed by atoms with Crippen LogP contribution in [0.2, 0.25) is 0 Å². The van der Waals surface area contributed by atoms with Gasteiger partial charge in [-0.15, -0.1) is 0 Å². The molecule has 0 bridgehead atoms. The van der Waals surface area contributed by atoms with Gasteiger partial charge < -0.3 is 19.9 Å². The number of hydrogen-bond donors (Lipinski definition) is 2. The molecule has 1 aliphatic heterocycles. The van der Waals surface area contributed by atoms with Gasteiger partial charge in [0.15, 0.2) is 0 Å². The molecule has 194 valence electrons. The van der Waals surface area contributed by atoms with E-state index in [-0.39, 0.29) is 18.0 Å². The molecule has 2 aromatic heterocycles. The molecule has 0 saturated carbocycles. The third-order valence-electron chi connectivity index (χ3n) is 6.75. The van der Waals surface area contributed by atoms with Crippen LogP contribution in [0.15, 0.2) is 66.9 Å². The lowest BCUT2D eigenvalue weighted by molar-refractivity contribution is 0.385. The van der Waals surface area contributed by atoms with Gasteiger partial charge in [0.1, 0.15) is 11.3 Å². The van der Waals surface area contributed by atoms with E-state index in [1.54, 1.807) is 4.57 Å². The van der Waals surface area contributed by atoms with E-state index in [0.29, 0.717) is 43.5 Å². The maximum Gasteiger partial charge on any atom is 0.228 e. The van der Waals surface area contributed by atoms with Gasteiger partial charge in [-0.2, -0.15) is 9.29 Å². The molecule has 0 amide bonds. The Bertz CT molecular complexity index is 1440. The molecule has 1 aliphatic rings. The van der Waals surface area contributed by atoms with E-state index in [9.17, 15) is 13.5 Å². The van der Waals surface area contributed by atoms with Gasteiger partial charge in [0.2, 0.25) is 21.9 Å². The molecule has 0 radical (unpaired) electrons. The first-order valence-electron chi connectivity index (χ1n) is 12.4. The molecule has 0 spiro atoms. The minimum absolute atomic E-state index is 0.0304. The fourth-order valence-corrected chi connectivity index (χ4v) is 5.55. The van der Waals surface area contributed by atoms with Crippen molar-refractivity contribution >= 4 is 32.7 Å². The summed E-state index contributed by atoms with van der Waals surface area (Å²) in [7, 11) is -3.25. The van der Waals surface area contributed by atoms with Gasteiger partial charge in [-0.1, -0.05) is 60.7 Å². The van der Waals surface area contributed by atoms with Gasteiger partial charge in [0, 0.05) is 38.4 Å². The SMILES string of the molecule is CC(C)n1cc2c(NC(c3ccccc3)c3ccccc3)nc(N3CCN(S(C)(=O)=O)CC3)nc2c1O. The summed E-state index contributed by atoms with van der Waals surface area (Å²) in [4.78, 5) is 11.6. The van der Waals surface area contributed by atoms with Gasteiger partial charge in [-0.3, -0.25) is 0 Å². The van der Waals surface area contributed by atoms with E-state index in [2.05, 4.69) is 29.6 Å². The van der Waals surface area contributed by atoms with Crippen molar-refractivity contribution < 1.29 is 13.5 Å². The Kier molecular flexibility index (Phi) is 6.78. The summed E-state index contributed by atoms with van der Waals surface area (Å²) in [5.74, 6) is 1.15. The zero-order valence-corrected chi connectivity index (χ0v) is 22.1. The van der Waals surface area contributed by atoms with Gasteiger partial charge in [0.25, 0.3) is 0 Å². The number of benzene rings is 2. The first-order valence-corrected chi connectivity index (χ1v) is 14.2. The summed E-state index contributed by atoms with van der Waals surface area (Å²) in [6, 6.07) is 20.2. The Morgan fingerprint density at radius 2 is 1.46 bits per heavy atom. The quantitative estimate of drug-likeness (QED) is 0.380. The highest BCUT2D eigenvalue weighted by Gasteiger charge is 2.27. The van der Waals surface area contributed by atoms with Crippen LogP contribution in [0.4, 0.5) is 11.8 Å². The number of sulfonamides is 1. The highest BCUT2D eigenvalue weighted by molar-refractivity contribution is 7.88. The normalized spacial score (nSPS) is 15.1. The van der Waals surface area contributed by atoms with Crippen molar-refractivity contribution in [1.82, 2.24) is 18.8 Å². The van der Waals surface area contributed by atoms with Crippen molar-refractivity contribution in [1.29, 1.82) is 0 Å². The lowest BCUT2D eigenvalue weighted by Gasteiger charge is -2.33. The number of rotatable bonds is 7. The first-order chi connectivity index (χ1) is 17.7. The number of piperazine rings is 1. The average molecular weight is 521 g/mol. The third-order valence-corrected chi connectivity index (χ3v) is 8.06. The summed E-state index contributed by atoms with van der Waals surface area (Å²) in [5, 5.41) is 15.4. The van der Waals surface area contributed by atoms with Crippen LogP contribution in [0.25, 0.3) is 10.9 Å². The van der Waals surface area contributed by atoms with Gasteiger partial charge in [-0.05, 0) is 25.0 Å². The molecule has 1 fully saturated rings. The second-order valence-corrected chi connectivity index (χ2v) is 11.6. The Balaban J connectivity index is 1.59. The van der Waals surface area contributed by atoms with Crippen LogP contribution < -0.4 is 10.2 Å². The number of fused-ring (bicyclic) bond motifs is 1. The number of nitrogens with one attached hydrogen (secondary N) is 1. The Hall–Kier alpha value is -3.63. The number of aromatic hydroxyl groups is 1. The molecule has 1 saturated heterocycles. The van der Waals surface area contributed by atoms with Crippen molar-refractivity contribution in [2.75, 3.05) is 42.7 Å². The molecular formula is C27H32N6O3S. The minimum Gasteiger partial charge on any atom is -0.493 e. The Labute approximate surface area is 217 Å². The van der Waals surface area contributed by atoms with Crippen LogP contribution >= 0.6 is 0 Å². The maximum atomic E-state index is 12.0. The molecule has 5 rings (SSSR count). The van der Waals surface area contributed by atoms with Crippen LogP contribution in [0.1, 0.15) is 37.1 Å². The topological polar surface area (TPSA) is 104 Å². The van der Waals surface area contributed by atoms with Gasteiger partial charge in [0.05, 0.1) is 17.7 Å². The van der Waals surface area contributed by atoms with Gasteiger partial charge in [-0.25, -0.2) is 13.4 Å². The summed E-state index contributed by atoms with van der Waals surface area (Å²) in [6.45, 7) is 5.65. The largest absolute Gasteiger partial charge is 0.493 e. The van der Waals surface area contributed by atoms with Crippen LogP contribution in [0.5, 0.6) is 5.88 Å². The standard InChI is InChI=1S/C27H32N6O3S/c1-19(2)33-18-22-24(26(33)34)29-27(31-14-16-32(17-15-31)37(3,35)36)30-25(22)28-23(20-10-6-4-7-11-20)21-12-8-5-9-13-21/h4-13,18-19,23,34H,14-17H2,1-3H3,(H,28,29,30). The lowest BCUT2D eigenvalue weighted by atomic mass is 9.98. The van der Waals surface area contributed by atoms with Crippen LogP contribution in [0, 0.1) is 0 Å². The van der Waals surface area contributed by atoms with Crippen LogP contribution in [-0.4, -0.2) is 64.8 Å². The molecule has 0 aliphatic carbocycles. The minimum atomic E-state index is -3.25. The Morgan fingerprint density at radius 1 is 0.892 bits per heavy atom. The van der Waals surface area contributed by atoms with Crippen molar-refractivity contribution in [2.24, 2.45) is 0 Å². The van der Waals surface area contributed by atoms with E-state index in [4.69, 9.17) is 9.97 Å². The highest BCUT2D eigenvalue weighted by Crippen LogP contribution is 2.36. The summed E-state index contributed by atoms with van der Waals surface area (Å²) in [6.07, 6.45) is 3.11. The molecule has 0 unspecified atom stereocenters. The molecule has 0 atom stereocenters. The second-order valence-electron chi connectivity index (χ2n) is 9.64. The number of aromatic nitrogens is 3. The zero-order valence-electron chi connectivity index (χ0n) is 21.2. The molecule has 37 heavy (non-hydrogen) atoms. The van der Waals surface area contributed by atoms with Crippen LogP contribution in [-0.2, 0) is 10.0 Å². The van der Waals surface area contributed by atoms with E-state index < -0.39 is 10.0 Å². The molecule has 4 aromatic rings. The number of hydrogen-bond acceptors (Lipinski definition) is 7. The highest BCUT2D eigenvalue weighted by atomic mass is 32.2. The molecule has 3 heterocycles. The molecular weight excluding hydrogens is 488 g/mol. The predicted octanol–water partition coefficient (Wildman–Crippen LogP) is 4.00. The maximum absolute atomic E-state index is 12.0. The van der Waals surface area contributed by atoms with E-state index in [1.807, 2.05) is 61.3 Å². The monoisotopic (exact) mass is 520 g/mol. The second kappa shape index (κ2) is 10.0. The fourth-order valence-electron chi connectivity index (χ4n) is 4.72. The summed E-state index contributed by atoms with van der Waals surface area (Å²) in [5.41, 5.74) is 2.62. The lowest BCUT2D eigenvalue weighted by Crippen LogP contribution is -2.48. The van der Waals surface area contributed by atoms with E-state index in [1.165, 1.54) is 10.6 Å². The number of anilines is 2. The predicted molar refractivity (Wildman–Crippen MR) is 147 cm³/mol. The summed E-state index contributed by atoms with van der Waals surface area (Å²) >= 11 is 0. The third kappa shape index (κ3) is 5.12.